The summed E-state index contributed by atoms with van der Waals surface area (Å²) in [5.41, 5.74) is 0. The van der Waals surface area contributed by atoms with Crippen LogP contribution in [0.15, 0.2) is 0 Å². The zero-order valence-electron chi connectivity index (χ0n) is 2.51. The first-order chi connectivity index (χ1) is 2.73. The van der Waals surface area contributed by atoms with Gasteiger partial charge in [0.25, 0.3) is 0 Å². The van der Waals surface area contributed by atoms with Crippen molar-refractivity contribution in [3.05, 3.63) is 0 Å². The van der Waals surface area contributed by atoms with Gasteiger partial charge in [0.1, 0.15) is 0 Å². The fourth-order valence-corrected chi connectivity index (χ4v) is 0. The van der Waals surface area contributed by atoms with Crippen LogP contribution in [-0.4, -0.2) is 16.4 Å². The summed E-state index contributed by atoms with van der Waals surface area (Å²) >= 11 is 1.70. The Bertz CT molecular complexity index is 38.8. The molecule has 6 heavy (non-hydrogen) atoms. The van der Waals surface area contributed by atoms with Gasteiger partial charge in [-0.05, 0) is 0 Å². The van der Waals surface area contributed by atoms with E-state index >= 15 is 0 Å². The summed E-state index contributed by atoms with van der Waals surface area (Å²) in [5, 5.41) is 13.9. The van der Waals surface area contributed by atoms with E-state index in [1.54, 1.807) is 21.0 Å². The fourth-order valence-electron chi connectivity index (χ4n) is 0. The van der Waals surface area contributed by atoms with E-state index in [4.69, 9.17) is 18.3 Å². The van der Waals surface area contributed by atoms with E-state index in [0.717, 1.165) is 0 Å². The molecular weight excluding hydrogens is 184 g/mol. The third kappa shape index (κ3) is 836. The van der Waals surface area contributed by atoms with Crippen LogP contribution in [0.4, 0.5) is 4.79 Å². The average Bonchev–Trinajstić information content (AvgIpc) is 1.41. The van der Waals surface area contributed by atoms with Gasteiger partial charge in [-0.2, -0.15) is 0 Å². The summed E-state index contributed by atoms with van der Waals surface area (Å²) in [6, 6.07) is 0. The van der Waals surface area contributed by atoms with Gasteiger partial charge in [-0.25, -0.2) is 4.79 Å². The summed E-state index contributed by atoms with van der Waals surface area (Å²) in [7, 11) is 0. The van der Waals surface area contributed by atoms with E-state index in [0.29, 0.717) is 0 Å². The fraction of sp³-hybridized carbons (Fsp3) is 0. The van der Waals surface area contributed by atoms with Crippen LogP contribution in [0.2, 0.25) is 0 Å². The molecule has 0 aromatic rings. The van der Waals surface area contributed by atoms with Crippen molar-refractivity contribution >= 4 is 6.16 Å². The van der Waals surface area contributed by atoms with E-state index in [1.165, 1.54) is 0 Å². The van der Waals surface area contributed by atoms with Crippen molar-refractivity contribution in [2.45, 2.75) is 0 Å². The topological polar surface area (TPSA) is 74.6 Å². The molecule has 0 heterocycles. The molecule has 0 aliphatic heterocycles. The molecule has 41 valence electrons. The Morgan fingerprint density at radius 2 is 1.33 bits per heavy atom. The van der Waals surface area contributed by atoms with Crippen LogP contribution in [0.5, 0.6) is 0 Å². The molecule has 0 radical (unpaired) electrons. The Morgan fingerprint density at radius 1 is 1.33 bits per heavy atom. The minimum absolute atomic E-state index is 1.70. The molecular formula is CH2AgO4. The standard InChI is InChI=1S/CH2O3.Ag.O/c2-1(3)4;;/h(H2,2,3,4);;. The Morgan fingerprint density at radius 3 is 1.33 bits per heavy atom. The van der Waals surface area contributed by atoms with Crippen molar-refractivity contribution in [2.24, 2.45) is 0 Å². The first-order valence-electron chi connectivity index (χ1n) is 0.774. The van der Waals surface area contributed by atoms with Crippen LogP contribution < -0.4 is 0 Å². The van der Waals surface area contributed by atoms with Crippen molar-refractivity contribution < 1.29 is 39.3 Å². The zero-order chi connectivity index (χ0) is 5.58. The molecule has 0 aliphatic rings. The van der Waals surface area contributed by atoms with E-state index in [1.807, 2.05) is 0 Å². The number of hydrogen-bond donors (Lipinski definition) is 2. The van der Waals surface area contributed by atoms with E-state index in [2.05, 4.69) is 0 Å². The first-order valence-corrected chi connectivity index (χ1v) is 1.38. The van der Waals surface area contributed by atoms with Gasteiger partial charge in [0.15, 0.2) is 0 Å². The molecule has 0 aliphatic carbocycles. The third-order valence-corrected chi connectivity index (χ3v) is 0. The Labute approximate surface area is 46.0 Å². The van der Waals surface area contributed by atoms with E-state index < -0.39 is 6.16 Å². The minimum atomic E-state index is -1.83. The number of rotatable bonds is 0. The number of hydrogen-bond acceptors (Lipinski definition) is 2. The van der Waals surface area contributed by atoms with Crippen LogP contribution in [-0.2, 0) is 24.3 Å². The van der Waals surface area contributed by atoms with Gasteiger partial charge in [-0.15, -0.1) is 0 Å². The molecule has 2 N–H and O–H groups in total. The third-order valence-electron chi connectivity index (χ3n) is 0. The van der Waals surface area contributed by atoms with Crippen LogP contribution in [0.25, 0.3) is 0 Å². The van der Waals surface area contributed by atoms with E-state index in [9.17, 15) is 0 Å². The summed E-state index contributed by atoms with van der Waals surface area (Å²) in [6.07, 6.45) is -1.83. The molecule has 0 saturated heterocycles. The van der Waals surface area contributed by atoms with Gasteiger partial charge in [0, 0.05) is 0 Å². The van der Waals surface area contributed by atoms with Crippen LogP contribution in [0, 0.1) is 0 Å². The Hall–Kier alpha value is -0.190. The summed E-state index contributed by atoms with van der Waals surface area (Å²) in [4.78, 5) is 8.56. The second kappa shape index (κ2) is 8.84. The summed E-state index contributed by atoms with van der Waals surface area (Å²) < 4.78 is 8.06. The van der Waals surface area contributed by atoms with Crippen molar-refractivity contribution in [1.29, 1.82) is 0 Å². The predicted molar refractivity (Wildman–Crippen MR) is 11.3 cm³/mol. The molecule has 0 atom stereocenters. The van der Waals surface area contributed by atoms with Gasteiger partial charge < -0.3 is 10.2 Å². The van der Waals surface area contributed by atoms with Crippen molar-refractivity contribution in [1.82, 2.24) is 0 Å². The molecule has 0 saturated carbocycles. The maximum atomic E-state index is 8.56. The van der Waals surface area contributed by atoms with Gasteiger partial charge >= 0.3 is 30.4 Å². The van der Waals surface area contributed by atoms with Crippen molar-refractivity contribution in [3.8, 4) is 0 Å². The normalized spacial score (nSPS) is 5.00. The molecule has 0 rings (SSSR count). The molecule has 0 spiro atoms. The van der Waals surface area contributed by atoms with Gasteiger partial charge in [-0.1, -0.05) is 0 Å². The monoisotopic (exact) mass is 185 g/mol. The quantitative estimate of drug-likeness (QED) is 0.526. The first kappa shape index (κ1) is 9.26. The van der Waals surface area contributed by atoms with Gasteiger partial charge in [-0.3, -0.25) is 0 Å². The second-order valence-electron chi connectivity index (χ2n) is 0.283. The van der Waals surface area contributed by atoms with E-state index in [-0.39, 0.29) is 0 Å². The molecule has 0 fully saturated rings. The second-order valence-corrected chi connectivity index (χ2v) is 0.283. The number of carboxylic acid groups (broad SMARTS) is 2. The van der Waals surface area contributed by atoms with Crippen LogP contribution >= 0.6 is 0 Å². The molecule has 0 bridgehead atoms. The molecule has 0 aromatic carbocycles. The van der Waals surface area contributed by atoms with Crippen LogP contribution in [0.1, 0.15) is 0 Å². The molecule has 4 nitrogen and oxygen atoms in total. The average molecular weight is 186 g/mol. The predicted octanol–water partition coefficient (Wildman–Crippen LogP) is 0.101. The zero-order valence-corrected chi connectivity index (χ0v) is 3.99. The maximum absolute atomic E-state index is 8.56. The summed E-state index contributed by atoms with van der Waals surface area (Å²) in [6.45, 7) is 0. The molecule has 5 heteroatoms. The van der Waals surface area contributed by atoms with Gasteiger partial charge in [0.2, 0.25) is 0 Å². The Kier molecular flexibility index (Phi) is 13.6. The van der Waals surface area contributed by atoms with Gasteiger partial charge in [0.05, 0.1) is 0 Å². The summed E-state index contributed by atoms with van der Waals surface area (Å²) in [5.74, 6) is 0. The van der Waals surface area contributed by atoms with Crippen molar-refractivity contribution in [2.75, 3.05) is 0 Å². The Balaban J connectivity index is 0. The molecule has 0 unspecified atom stereocenters. The molecule has 0 amide bonds. The molecule has 0 aromatic heterocycles. The number of carbonyl (C=O) groups is 1. The van der Waals surface area contributed by atoms with Crippen LogP contribution in [0.3, 0.4) is 0 Å². The SMILES string of the molecule is O=C(O)O.[O]=[Ag]. The van der Waals surface area contributed by atoms with Crippen molar-refractivity contribution in [3.63, 3.8) is 0 Å².